The zero-order chi connectivity index (χ0) is 9.68. The number of carbonyl (C=O) groups is 1. The van der Waals surface area contributed by atoms with Crippen molar-refractivity contribution >= 4 is 18.0 Å². The number of thioether (sulfide) groups is 1. The Morgan fingerprint density at radius 3 is 2.54 bits per heavy atom. The van der Waals surface area contributed by atoms with Gasteiger partial charge in [0.05, 0.1) is 0 Å². The molecule has 0 spiro atoms. The summed E-state index contributed by atoms with van der Waals surface area (Å²) in [6.07, 6.45) is 0.227. The number of hydrogen-bond acceptors (Lipinski definition) is 2. The molecule has 1 aromatic carbocycles. The Morgan fingerprint density at radius 1 is 1.38 bits per heavy atom. The minimum atomic E-state index is -0.700. The Kier molecular flexibility index (Phi) is 3.71. The summed E-state index contributed by atoms with van der Waals surface area (Å²) in [5.41, 5.74) is 0. The summed E-state index contributed by atoms with van der Waals surface area (Å²) < 4.78 is 12.7. The number of rotatable bonds is 3. The van der Waals surface area contributed by atoms with Gasteiger partial charge < -0.3 is 0 Å². The molecule has 0 bridgehead atoms. The first-order valence-electron chi connectivity index (χ1n) is 3.78. The molecular formula is C10H9FOS. The largest absolute Gasteiger partial charge is 0.295 e. The van der Waals surface area contributed by atoms with Gasteiger partial charge in [-0.1, -0.05) is 30.0 Å². The minimum absolute atomic E-state index is 0.227. The van der Waals surface area contributed by atoms with E-state index in [4.69, 9.17) is 0 Å². The molecule has 0 amide bonds. The molecule has 3 heteroatoms. The third-order valence-electron chi connectivity index (χ3n) is 1.45. The Morgan fingerprint density at radius 2 is 2.00 bits per heavy atom. The molecule has 68 valence electrons. The summed E-state index contributed by atoms with van der Waals surface area (Å²) in [5.74, 6) is -0.700. The molecule has 0 N–H and O–H groups in total. The maximum Gasteiger partial charge on any atom is 0.179 e. The second kappa shape index (κ2) is 4.82. The Labute approximate surface area is 80.7 Å². The van der Waals surface area contributed by atoms with Crippen molar-refractivity contribution in [1.29, 1.82) is 0 Å². The predicted octanol–water partition coefficient (Wildman–Crippen LogP) is 3.18. The minimum Gasteiger partial charge on any atom is -0.295 e. The maximum atomic E-state index is 12.7. The molecule has 0 saturated heterocycles. The predicted molar refractivity (Wildman–Crippen MR) is 52.2 cm³/mol. The van der Waals surface area contributed by atoms with Crippen LogP contribution in [-0.2, 0) is 4.79 Å². The van der Waals surface area contributed by atoms with Crippen molar-refractivity contribution in [3.8, 4) is 0 Å². The van der Waals surface area contributed by atoms with Crippen LogP contribution < -0.4 is 0 Å². The molecule has 0 aliphatic rings. The SMILES string of the molecule is C/C(Sc1ccccc1)=C(\F)C=O. The molecule has 0 atom stereocenters. The summed E-state index contributed by atoms with van der Waals surface area (Å²) in [6, 6.07) is 9.36. The Hall–Kier alpha value is -1.09. The second-order valence-electron chi connectivity index (χ2n) is 2.44. The van der Waals surface area contributed by atoms with E-state index in [1.165, 1.54) is 11.8 Å². The first kappa shape index (κ1) is 9.99. The van der Waals surface area contributed by atoms with Crippen molar-refractivity contribution in [2.24, 2.45) is 0 Å². The van der Waals surface area contributed by atoms with E-state index in [1.54, 1.807) is 6.92 Å². The van der Waals surface area contributed by atoms with Gasteiger partial charge in [-0.05, 0) is 19.1 Å². The van der Waals surface area contributed by atoms with E-state index in [2.05, 4.69) is 0 Å². The van der Waals surface area contributed by atoms with Crippen molar-refractivity contribution < 1.29 is 9.18 Å². The fraction of sp³-hybridized carbons (Fsp3) is 0.100. The number of benzene rings is 1. The number of carbonyl (C=O) groups excluding carboxylic acids is 1. The van der Waals surface area contributed by atoms with Crippen LogP contribution in [0.5, 0.6) is 0 Å². The molecule has 0 radical (unpaired) electrons. The molecule has 1 rings (SSSR count). The van der Waals surface area contributed by atoms with Gasteiger partial charge in [0.1, 0.15) is 0 Å². The van der Waals surface area contributed by atoms with Gasteiger partial charge in [-0.25, -0.2) is 4.39 Å². The number of allylic oxidation sites excluding steroid dienone is 2. The van der Waals surface area contributed by atoms with Crippen LogP contribution in [0.15, 0.2) is 46.0 Å². The fourth-order valence-corrected chi connectivity index (χ4v) is 1.59. The van der Waals surface area contributed by atoms with E-state index < -0.39 is 5.83 Å². The first-order chi connectivity index (χ1) is 6.24. The molecule has 0 heterocycles. The quantitative estimate of drug-likeness (QED) is 0.419. The number of aldehydes is 1. The lowest BCUT2D eigenvalue weighted by Gasteiger charge is -1.99. The Bertz CT molecular complexity index is 319. The smallest absolute Gasteiger partial charge is 0.179 e. The van der Waals surface area contributed by atoms with Crippen LogP contribution in [-0.4, -0.2) is 6.29 Å². The topological polar surface area (TPSA) is 17.1 Å². The molecule has 0 unspecified atom stereocenters. The van der Waals surface area contributed by atoms with E-state index in [0.717, 1.165) is 4.90 Å². The first-order valence-corrected chi connectivity index (χ1v) is 4.60. The van der Waals surface area contributed by atoms with Crippen molar-refractivity contribution in [3.63, 3.8) is 0 Å². The van der Waals surface area contributed by atoms with E-state index >= 15 is 0 Å². The summed E-state index contributed by atoms with van der Waals surface area (Å²) in [6.45, 7) is 1.58. The van der Waals surface area contributed by atoms with E-state index in [-0.39, 0.29) is 6.29 Å². The van der Waals surface area contributed by atoms with Gasteiger partial charge in [0.15, 0.2) is 12.1 Å². The van der Waals surface area contributed by atoms with Crippen LogP contribution in [0, 0.1) is 0 Å². The number of halogens is 1. The van der Waals surface area contributed by atoms with E-state index in [9.17, 15) is 9.18 Å². The van der Waals surface area contributed by atoms with Gasteiger partial charge >= 0.3 is 0 Å². The summed E-state index contributed by atoms with van der Waals surface area (Å²) in [4.78, 5) is 11.4. The van der Waals surface area contributed by atoms with Crippen LogP contribution in [0.3, 0.4) is 0 Å². The van der Waals surface area contributed by atoms with Gasteiger partial charge in [-0.3, -0.25) is 4.79 Å². The monoisotopic (exact) mass is 196 g/mol. The maximum absolute atomic E-state index is 12.7. The highest BCUT2D eigenvalue weighted by molar-refractivity contribution is 8.03. The van der Waals surface area contributed by atoms with Crippen LogP contribution >= 0.6 is 11.8 Å². The molecular weight excluding hydrogens is 187 g/mol. The Balaban J connectivity index is 2.76. The van der Waals surface area contributed by atoms with Crippen LogP contribution in [0.4, 0.5) is 4.39 Å². The standard InChI is InChI=1S/C10H9FOS/c1-8(10(11)7-12)13-9-5-3-2-4-6-9/h2-7H,1H3/b10-8+. The lowest BCUT2D eigenvalue weighted by Crippen LogP contribution is -1.79. The molecule has 13 heavy (non-hydrogen) atoms. The highest BCUT2D eigenvalue weighted by Crippen LogP contribution is 2.27. The molecule has 1 aromatic rings. The average molecular weight is 196 g/mol. The summed E-state index contributed by atoms with van der Waals surface area (Å²) >= 11 is 1.25. The zero-order valence-electron chi connectivity index (χ0n) is 7.16. The van der Waals surface area contributed by atoms with E-state index in [1.807, 2.05) is 30.3 Å². The molecule has 1 nitrogen and oxygen atoms in total. The van der Waals surface area contributed by atoms with Crippen LogP contribution in [0.25, 0.3) is 0 Å². The van der Waals surface area contributed by atoms with Crippen molar-refractivity contribution in [1.82, 2.24) is 0 Å². The van der Waals surface area contributed by atoms with Gasteiger partial charge in [-0.2, -0.15) is 0 Å². The second-order valence-corrected chi connectivity index (χ2v) is 3.72. The fourth-order valence-electron chi connectivity index (χ4n) is 0.797. The van der Waals surface area contributed by atoms with Gasteiger partial charge in [0, 0.05) is 9.80 Å². The highest BCUT2D eigenvalue weighted by Gasteiger charge is 2.01. The van der Waals surface area contributed by atoms with Crippen LogP contribution in [0.2, 0.25) is 0 Å². The van der Waals surface area contributed by atoms with Crippen molar-refractivity contribution in [2.45, 2.75) is 11.8 Å². The van der Waals surface area contributed by atoms with E-state index in [0.29, 0.717) is 4.91 Å². The number of hydrogen-bond donors (Lipinski definition) is 0. The van der Waals surface area contributed by atoms with Crippen molar-refractivity contribution in [2.75, 3.05) is 0 Å². The zero-order valence-corrected chi connectivity index (χ0v) is 7.98. The summed E-state index contributed by atoms with van der Waals surface area (Å²) in [5, 5.41) is 0. The average Bonchev–Trinajstić information content (AvgIpc) is 2.18. The molecule has 0 aliphatic heterocycles. The van der Waals surface area contributed by atoms with Gasteiger partial charge in [0.25, 0.3) is 0 Å². The van der Waals surface area contributed by atoms with Crippen LogP contribution in [0.1, 0.15) is 6.92 Å². The van der Waals surface area contributed by atoms with Gasteiger partial charge in [-0.15, -0.1) is 0 Å². The van der Waals surface area contributed by atoms with Crippen molar-refractivity contribution in [3.05, 3.63) is 41.1 Å². The summed E-state index contributed by atoms with van der Waals surface area (Å²) in [7, 11) is 0. The third-order valence-corrected chi connectivity index (χ3v) is 2.46. The molecule has 0 fully saturated rings. The third kappa shape index (κ3) is 3.03. The highest BCUT2D eigenvalue weighted by atomic mass is 32.2. The lowest BCUT2D eigenvalue weighted by molar-refractivity contribution is -0.106. The molecule has 0 saturated carbocycles. The normalized spacial score (nSPS) is 12.2. The molecule has 0 aromatic heterocycles. The molecule has 0 aliphatic carbocycles. The van der Waals surface area contributed by atoms with Gasteiger partial charge in [0.2, 0.25) is 0 Å². The lowest BCUT2D eigenvalue weighted by atomic mass is 10.4.